The lowest BCUT2D eigenvalue weighted by Crippen LogP contribution is -2.23. The number of anilines is 2. The van der Waals surface area contributed by atoms with Crippen LogP contribution in [0.1, 0.15) is 19.4 Å². The van der Waals surface area contributed by atoms with Crippen LogP contribution in [0.4, 0.5) is 11.4 Å². The molecular weight excluding hydrogens is 288 g/mol. The standard InChI is InChI=1S/C19H24N2O2/c1-4-21(5-2)16-11-12-18(15(3)13-16)20-19(22)14-23-17-9-7-6-8-10-17/h6-13H,4-5,14H2,1-3H3,(H,20,22). The van der Waals surface area contributed by atoms with Crippen molar-refractivity contribution < 1.29 is 9.53 Å². The molecule has 0 spiro atoms. The van der Waals surface area contributed by atoms with Gasteiger partial charge in [-0.2, -0.15) is 0 Å². The average Bonchev–Trinajstić information content (AvgIpc) is 2.57. The summed E-state index contributed by atoms with van der Waals surface area (Å²) in [6.07, 6.45) is 0. The van der Waals surface area contributed by atoms with E-state index < -0.39 is 0 Å². The van der Waals surface area contributed by atoms with Crippen LogP contribution in [-0.4, -0.2) is 25.6 Å². The van der Waals surface area contributed by atoms with Gasteiger partial charge in [-0.25, -0.2) is 0 Å². The Morgan fingerprint density at radius 1 is 1.09 bits per heavy atom. The van der Waals surface area contributed by atoms with Gasteiger partial charge >= 0.3 is 0 Å². The summed E-state index contributed by atoms with van der Waals surface area (Å²) < 4.78 is 5.46. The molecule has 2 aromatic rings. The van der Waals surface area contributed by atoms with E-state index in [9.17, 15) is 4.79 Å². The molecule has 0 saturated heterocycles. The highest BCUT2D eigenvalue weighted by atomic mass is 16.5. The number of aryl methyl sites for hydroxylation is 1. The number of nitrogens with zero attached hydrogens (tertiary/aromatic N) is 1. The minimum atomic E-state index is -0.160. The maximum atomic E-state index is 12.0. The zero-order valence-electron chi connectivity index (χ0n) is 14.0. The van der Waals surface area contributed by atoms with Crippen LogP contribution in [0, 0.1) is 6.92 Å². The Morgan fingerprint density at radius 3 is 2.39 bits per heavy atom. The Bertz CT molecular complexity index is 637. The zero-order valence-corrected chi connectivity index (χ0v) is 14.0. The molecule has 4 heteroatoms. The van der Waals surface area contributed by atoms with Crippen molar-refractivity contribution in [1.29, 1.82) is 0 Å². The number of carbonyl (C=O) groups excluding carboxylic acids is 1. The quantitative estimate of drug-likeness (QED) is 0.844. The minimum absolute atomic E-state index is 0.00124. The Hall–Kier alpha value is -2.49. The van der Waals surface area contributed by atoms with Crippen molar-refractivity contribution in [3.05, 3.63) is 54.1 Å². The van der Waals surface area contributed by atoms with Crippen molar-refractivity contribution in [2.24, 2.45) is 0 Å². The average molecular weight is 312 g/mol. The normalized spacial score (nSPS) is 10.2. The molecule has 0 unspecified atom stereocenters. The number of para-hydroxylation sites is 1. The fourth-order valence-corrected chi connectivity index (χ4v) is 2.43. The molecule has 2 rings (SSSR count). The molecule has 4 nitrogen and oxygen atoms in total. The molecule has 0 saturated carbocycles. The zero-order chi connectivity index (χ0) is 16.7. The number of carbonyl (C=O) groups is 1. The van der Waals surface area contributed by atoms with Crippen molar-refractivity contribution in [3.63, 3.8) is 0 Å². The van der Waals surface area contributed by atoms with Crippen LogP contribution in [0.2, 0.25) is 0 Å². The highest BCUT2D eigenvalue weighted by Gasteiger charge is 2.08. The number of ether oxygens (including phenoxy) is 1. The van der Waals surface area contributed by atoms with Crippen LogP contribution >= 0.6 is 0 Å². The predicted molar refractivity (Wildman–Crippen MR) is 95.3 cm³/mol. The SMILES string of the molecule is CCN(CC)c1ccc(NC(=O)COc2ccccc2)c(C)c1. The Labute approximate surface area is 138 Å². The smallest absolute Gasteiger partial charge is 0.262 e. The first-order valence-electron chi connectivity index (χ1n) is 7.97. The molecule has 0 bridgehead atoms. The number of amides is 1. The molecule has 0 aromatic heterocycles. The summed E-state index contributed by atoms with van der Waals surface area (Å²) in [4.78, 5) is 14.3. The van der Waals surface area contributed by atoms with Crippen LogP contribution in [-0.2, 0) is 4.79 Å². The number of hydrogen-bond acceptors (Lipinski definition) is 3. The van der Waals surface area contributed by atoms with Crippen LogP contribution < -0.4 is 15.0 Å². The van der Waals surface area contributed by atoms with Gasteiger partial charge in [-0.05, 0) is 56.7 Å². The topological polar surface area (TPSA) is 41.6 Å². The van der Waals surface area contributed by atoms with E-state index in [4.69, 9.17) is 4.74 Å². The minimum Gasteiger partial charge on any atom is -0.484 e. The summed E-state index contributed by atoms with van der Waals surface area (Å²) in [6.45, 7) is 8.20. The van der Waals surface area contributed by atoms with Crippen molar-refractivity contribution in [2.75, 3.05) is 29.9 Å². The van der Waals surface area contributed by atoms with E-state index >= 15 is 0 Å². The molecule has 0 radical (unpaired) electrons. The lowest BCUT2D eigenvalue weighted by molar-refractivity contribution is -0.118. The summed E-state index contributed by atoms with van der Waals surface area (Å²) in [5.74, 6) is 0.531. The molecule has 0 aliphatic heterocycles. The van der Waals surface area contributed by atoms with Crippen molar-refractivity contribution in [2.45, 2.75) is 20.8 Å². The van der Waals surface area contributed by atoms with Gasteiger partial charge in [-0.15, -0.1) is 0 Å². The van der Waals surface area contributed by atoms with Gasteiger partial charge in [-0.3, -0.25) is 4.79 Å². The number of hydrogen-bond donors (Lipinski definition) is 1. The summed E-state index contributed by atoms with van der Waals surface area (Å²) in [5.41, 5.74) is 3.04. The molecule has 122 valence electrons. The molecule has 1 N–H and O–H groups in total. The van der Waals surface area contributed by atoms with Gasteiger partial charge in [0.2, 0.25) is 0 Å². The second kappa shape index (κ2) is 8.22. The Balaban J connectivity index is 1.95. The summed E-state index contributed by atoms with van der Waals surface area (Å²) in [6, 6.07) is 15.4. The molecule has 2 aromatic carbocycles. The lowest BCUT2D eigenvalue weighted by Gasteiger charge is -2.22. The Kier molecular flexibility index (Phi) is 6.03. The maximum absolute atomic E-state index is 12.0. The van der Waals surface area contributed by atoms with E-state index in [0.717, 1.165) is 24.3 Å². The molecule has 0 fully saturated rings. The van der Waals surface area contributed by atoms with E-state index in [1.54, 1.807) is 0 Å². The predicted octanol–water partition coefficient (Wildman–Crippen LogP) is 3.86. The summed E-state index contributed by atoms with van der Waals surface area (Å²) >= 11 is 0. The number of benzene rings is 2. The van der Waals surface area contributed by atoms with Gasteiger partial charge in [-0.1, -0.05) is 18.2 Å². The largest absolute Gasteiger partial charge is 0.484 e. The second-order valence-electron chi connectivity index (χ2n) is 5.32. The number of rotatable bonds is 7. The van der Waals surface area contributed by atoms with E-state index in [2.05, 4.69) is 30.1 Å². The molecular formula is C19H24N2O2. The third-order valence-electron chi connectivity index (χ3n) is 3.73. The van der Waals surface area contributed by atoms with Crippen molar-refractivity contribution in [1.82, 2.24) is 0 Å². The molecule has 1 amide bonds. The highest BCUT2D eigenvalue weighted by molar-refractivity contribution is 5.92. The van der Waals surface area contributed by atoms with E-state index in [-0.39, 0.29) is 12.5 Å². The van der Waals surface area contributed by atoms with Crippen LogP contribution in [0.25, 0.3) is 0 Å². The maximum Gasteiger partial charge on any atom is 0.262 e. The first kappa shape index (κ1) is 16.9. The van der Waals surface area contributed by atoms with Gasteiger partial charge < -0.3 is 15.0 Å². The molecule has 0 aliphatic rings. The Morgan fingerprint density at radius 2 is 1.78 bits per heavy atom. The van der Waals surface area contributed by atoms with Crippen LogP contribution in [0.3, 0.4) is 0 Å². The van der Waals surface area contributed by atoms with Gasteiger partial charge in [0.15, 0.2) is 6.61 Å². The van der Waals surface area contributed by atoms with Gasteiger partial charge in [0.1, 0.15) is 5.75 Å². The van der Waals surface area contributed by atoms with Crippen LogP contribution in [0.5, 0.6) is 5.75 Å². The van der Waals surface area contributed by atoms with Gasteiger partial charge in [0.25, 0.3) is 5.91 Å². The molecule has 0 atom stereocenters. The van der Waals surface area contributed by atoms with Gasteiger partial charge in [0.05, 0.1) is 0 Å². The van der Waals surface area contributed by atoms with E-state index in [1.165, 1.54) is 5.69 Å². The third kappa shape index (κ3) is 4.74. The lowest BCUT2D eigenvalue weighted by atomic mass is 10.1. The van der Waals surface area contributed by atoms with Crippen molar-refractivity contribution in [3.8, 4) is 5.75 Å². The second-order valence-corrected chi connectivity index (χ2v) is 5.32. The molecule has 0 heterocycles. The monoisotopic (exact) mass is 312 g/mol. The number of nitrogens with one attached hydrogen (secondary N) is 1. The van der Waals surface area contributed by atoms with Gasteiger partial charge in [0, 0.05) is 24.5 Å². The summed E-state index contributed by atoms with van der Waals surface area (Å²) in [7, 11) is 0. The fraction of sp³-hybridized carbons (Fsp3) is 0.316. The van der Waals surface area contributed by atoms with Crippen molar-refractivity contribution >= 4 is 17.3 Å². The summed E-state index contributed by atoms with van der Waals surface area (Å²) in [5, 5.41) is 2.90. The third-order valence-corrected chi connectivity index (χ3v) is 3.73. The molecule has 23 heavy (non-hydrogen) atoms. The van der Waals surface area contributed by atoms with E-state index in [0.29, 0.717) is 5.75 Å². The van der Waals surface area contributed by atoms with Crippen LogP contribution in [0.15, 0.2) is 48.5 Å². The highest BCUT2D eigenvalue weighted by Crippen LogP contribution is 2.22. The first-order valence-corrected chi connectivity index (χ1v) is 7.97. The van der Waals surface area contributed by atoms with E-state index in [1.807, 2.05) is 49.4 Å². The fourth-order valence-electron chi connectivity index (χ4n) is 2.43. The first-order chi connectivity index (χ1) is 11.1. The molecule has 0 aliphatic carbocycles.